The van der Waals surface area contributed by atoms with Crippen LogP contribution in [0.3, 0.4) is 0 Å². The molecule has 0 spiro atoms. The maximum Gasteiger partial charge on any atom is 0.0930 e. The number of pyridine rings is 1. The van der Waals surface area contributed by atoms with Crippen LogP contribution >= 0.6 is 24.8 Å². The van der Waals surface area contributed by atoms with Gasteiger partial charge in [-0.15, -0.1) is 24.8 Å². The number of aromatic nitrogens is 1. The van der Waals surface area contributed by atoms with E-state index in [-0.39, 0.29) is 24.8 Å². The van der Waals surface area contributed by atoms with Gasteiger partial charge in [-0.05, 0) is 38.1 Å². The van der Waals surface area contributed by atoms with Gasteiger partial charge in [-0.25, -0.2) is 4.98 Å². The van der Waals surface area contributed by atoms with E-state index < -0.39 is 6.10 Å². The van der Waals surface area contributed by atoms with Crippen LogP contribution in [0.2, 0.25) is 0 Å². The molecule has 0 bridgehead atoms. The minimum atomic E-state index is -0.481. The molecule has 1 N–H and O–H groups in total. The highest BCUT2D eigenvalue weighted by molar-refractivity contribution is 5.97. The van der Waals surface area contributed by atoms with Crippen LogP contribution in [0.5, 0.6) is 0 Å². The lowest BCUT2D eigenvalue weighted by atomic mass is 9.97. The van der Waals surface area contributed by atoms with Gasteiger partial charge in [0.2, 0.25) is 0 Å². The summed E-state index contributed by atoms with van der Waals surface area (Å²) in [4.78, 5) is 7.13. The SMILES string of the molecule is Cl.Cl.OC(CN1CCCCC1)c1c2ccccc2nc2ccccc12. The normalized spacial score (nSPS) is 16.2. The van der Waals surface area contributed by atoms with E-state index >= 15 is 0 Å². The molecule has 4 rings (SSSR count). The number of halogens is 2. The van der Waals surface area contributed by atoms with Crippen molar-refractivity contribution in [2.45, 2.75) is 25.4 Å². The summed E-state index contributed by atoms with van der Waals surface area (Å²) in [5.74, 6) is 0. The van der Waals surface area contributed by atoms with E-state index in [1.165, 1.54) is 19.3 Å². The van der Waals surface area contributed by atoms with Crippen LogP contribution in [0, 0.1) is 0 Å². The number of para-hydroxylation sites is 2. The number of fused-ring (bicyclic) bond motifs is 2. The zero-order valence-electron chi connectivity index (χ0n) is 14.1. The van der Waals surface area contributed by atoms with Gasteiger partial charge in [0.05, 0.1) is 17.1 Å². The molecule has 0 radical (unpaired) electrons. The zero-order chi connectivity index (χ0) is 15.6. The van der Waals surface area contributed by atoms with Crippen molar-refractivity contribution in [2.75, 3.05) is 19.6 Å². The van der Waals surface area contributed by atoms with Gasteiger partial charge in [-0.1, -0.05) is 42.8 Å². The number of likely N-dealkylation sites (tertiary alicyclic amines) is 1. The lowest BCUT2D eigenvalue weighted by molar-refractivity contribution is 0.103. The van der Waals surface area contributed by atoms with Gasteiger partial charge in [0.25, 0.3) is 0 Å². The Bertz CT molecular complexity index is 780. The van der Waals surface area contributed by atoms with Gasteiger partial charge in [-0.3, -0.25) is 0 Å². The highest BCUT2D eigenvalue weighted by atomic mass is 35.5. The van der Waals surface area contributed by atoms with Gasteiger partial charge >= 0.3 is 0 Å². The van der Waals surface area contributed by atoms with Crippen molar-refractivity contribution in [3.63, 3.8) is 0 Å². The van der Waals surface area contributed by atoms with Crippen molar-refractivity contribution in [2.24, 2.45) is 0 Å². The second kappa shape index (κ2) is 8.81. The molecule has 0 aliphatic carbocycles. The molecule has 1 unspecified atom stereocenters. The summed E-state index contributed by atoms with van der Waals surface area (Å²) in [6.45, 7) is 2.90. The standard InChI is InChI=1S/C20H22N2O.2ClH/c23-19(14-22-12-6-1-7-13-22)20-15-8-2-4-10-17(15)21-18-11-5-3-9-16(18)20;;/h2-5,8-11,19,23H,1,6-7,12-14H2;2*1H. The summed E-state index contributed by atoms with van der Waals surface area (Å²) in [7, 11) is 0. The molecule has 1 aliphatic rings. The smallest absolute Gasteiger partial charge is 0.0930 e. The highest BCUT2D eigenvalue weighted by Gasteiger charge is 2.20. The quantitative estimate of drug-likeness (QED) is 0.667. The van der Waals surface area contributed by atoms with Crippen LogP contribution in [-0.2, 0) is 0 Å². The first kappa shape index (κ1) is 19.9. The number of β-amino-alcohol motifs (C(OH)–C–C–N with tert-alkyl or cyclic N) is 1. The third-order valence-electron chi connectivity index (χ3n) is 4.84. The molecule has 1 fully saturated rings. The first-order chi connectivity index (χ1) is 11.3. The van der Waals surface area contributed by atoms with E-state index in [0.29, 0.717) is 6.54 Å². The molecule has 0 saturated carbocycles. The summed E-state index contributed by atoms with van der Waals surface area (Å²) in [5.41, 5.74) is 2.94. The summed E-state index contributed by atoms with van der Waals surface area (Å²) < 4.78 is 0. The number of nitrogens with zero attached hydrogens (tertiary/aromatic N) is 2. The van der Waals surface area contributed by atoms with E-state index in [4.69, 9.17) is 4.98 Å². The molecule has 1 aliphatic heterocycles. The van der Waals surface area contributed by atoms with Crippen LogP contribution in [-0.4, -0.2) is 34.6 Å². The van der Waals surface area contributed by atoms with Gasteiger partial charge in [-0.2, -0.15) is 0 Å². The third kappa shape index (κ3) is 4.06. The molecule has 1 aromatic heterocycles. The average Bonchev–Trinajstić information content (AvgIpc) is 2.60. The van der Waals surface area contributed by atoms with Crippen LogP contribution in [0.15, 0.2) is 48.5 Å². The Hall–Kier alpha value is -1.39. The number of aliphatic hydroxyl groups is 1. The molecular weight excluding hydrogens is 355 g/mol. The number of piperidine rings is 1. The van der Waals surface area contributed by atoms with E-state index in [2.05, 4.69) is 17.0 Å². The van der Waals surface area contributed by atoms with Crippen molar-refractivity contribution in [1.29, 1.82) is 0 Å². The lowest BCUT2D eigenvalue weighted by Gasteiger charge is -2.29. The number of benzene rings is 2. The van der Waals surface area contributed by atoms with Crippen molar-refractivity contribution in [3.8, 4) is 0 Å². The molecule has 3 aromatic rings. The number of rotatable bonds is 3. The summed E-state index contributed by atoms with van der Waals surface area (Å²) in [6, 6.07) is 16.3. The van der Waals surface area contributed by atoms with E-state index in [1.807, 2.05) is 36.4 Å². The molecule has 3 nitrogen and oxygen atoms in total. The second-order valence-corrected chi connectivity index (χ2v) is 6.44. The Morgan fingerprint density at radius 2 is 1.36 bits per heavy atom. The Kier molecular flexibility index (Phi) is 7.03. The molecule has 134 valence electrons. The first-order valence-electron chi connectivity index (χ1n) is 8.51. The Morgan fingerprint density at radius 1 is 0.840 bits per heavy atom. The second-order valence-electron chi connectivity index (χ2n) is 6.44. The fourth-order valence-electron chi connectivity index (χ4n) is 3.71. The third-order valence-corrected chi connectivity index (χ3v) is 4.84. The van der Waals surface area contributed by atoms with Crippen molar-refractivity contribution >= 4 is 46.6 Å². The summed E-state index contributed by atoms with van der Waals surface area (Å²) >= 11 is 0. The molecule has 0 amide bonds. The van der Waals surface area contributed by atoms with Gasteiger partial charge in [0.15, 0.2) is 0 Å². The molecule has 2 heterocycles. The van der Waals surface area contributed by atoms with E-state index in [9.17, 15) is 5.11 Å². The molecule has 5 heteroatoms. The highest BCUT2D eigenvalue weighted by Crippen LogP contribution is 2.31. The van der Waals surface area contributed by atoms with Gasteiger partial charge < -0.3 is 10.0 Å². The van der Waals surface area contributed by atoms with Crippen molar-refractivity contribution in [3.05, 3.63) is 54.1 Å². The Labute approximate surface area is 160 Å². The maximum absolute atomic E-state index is 11.0. The molecule has 1 atom stereocenters. The fourth-order valence-corrected chi connectivity index (χ4v) is 3.71. The molecular formula is C20H24Cl2N2O. The van der Waals surface area contributed by atoms with Crippen molar-refractivity contribution in [1.82, 2.24) is 9.88 Å². The maximum atomic E-state index is 11.0. The monoisotopic (exact) mass is 378 g/mol. The summed E-state index contributed by atoms with van der Waals surface area (Å²) in [5, 5.41) is 13.1. The fraction of sp³-hybridized carbons (Fsp3) is 0.350. The molecule has 25 heavy (non-hydrogen) atoms. The van der Waals surface area contributed by atoms with Crippen LogP contribution in [0.25, 0.3) is 21.8 Å². The number of hydrogen-bond donors (Lipinski definition) is 1. The number of hydrogen-bond acceptors (Lipinski definition) is 3. The van der Waals surface area contributed by atoms with Crippen LogP contribution in [0.4, 0.5) is 0 Å². The van der Waals surface area contributed by atoms with Crippen LogP contribution in [0.1, 0.15) is 30.9 Å². The topological polar surface area (TPSA) is 36.4 Å². The summed E-state index contributed by atoms with van der Waals surface area (Å²) in [6.07, 6.45) is 3.31. The first-order valence-corrected chi connectivity index (χ1v) is 8.51. The largest absolute Gasteiger partial charge is 0.387 e. The van der Waals surface area contributed by atoms with Gasteiger partial charge in [0.1, 0.15) is 0 Å². The minimum absolute atomic E-state index is 0. The predicted molar refractivity (Wildman–Crippen MR) is 109 cm³/mol. The van der Waals surface area contributed by atoms with Gasteiger partial charge in [0, 0.05) is 22.9 Å². The number of aliphatic hydroxyl groups excluding tert-OH is 1. The minimum Gasteiger partial charge on any atom is -0.387 e. The Balaban J connectivity index is 0.00000113. The molecule has 1 saturated heterocycles. The molecule has 2 aromatic carbocycles. The predicted octanol–water partition coefficient (Wildman–Crippen LogP) is 4.75. The van der Waals surface area contributed by atoms with Crippen molar-refractivity contribution < 1.29 is 5.11 Å². The Morgan fingerprint density at radius 3 is 1.92 bits per heavy atom. The average molecular weight is 379 g/mol. The van der Waals surface area contributed by atoms with E-state index in [1.54, 1.807) is 0 Å². The zero-order valence-corrected chi connectivity index (χ0v) is 15.7. The van der Waals surface area contributed by atoms with E-state index in [0.717, 1.165) is 40.5 Å². The van der Waals surface area contributed by atoms with Crippen LogP contribution < -0.4 is 0 Å². The lowest BCUT2D eigenvalue weighted by Crippen LogP contribution is -2.33.